The first-order chi connectivity index (χ1) is 9.52. The Labute approximate surface area is 120 Å². The van der Waals surface area contributed by atoms with Crippen LogP contribution >= 0.6 is 0 Å². The number of nitrogens with two attached hydrogens (primary N) is 1. The predicted molar refractivity (Wildman–Crippen MR) is 80.1 cm³/mol. The Balaban J connectivity index is 3.10. The number of methoxy groups -OCH3 is 1. The molecule has 0 fully saturated rings. The highest BCUT2D eigenvalue weighted by Gasteiger charge is 2.24. The van der Waals surface area contributed by atoms with Gasteiger partial charge in [-0.2, -0.15) is 0 Å². The van der Waals surface area contributed by atoms with Gasteiger partial charge in [-0.1, -0.05) is 6.07 Å². The van der Waals surface area contributed by atoms with Crippen LogP contribution in [-0.2, 0) is 4.74 Å². The Morgan fingerprint density at radius 2 is 2.10 bits per heavy atom. The van der Waals surface area contributed by atoms with Gasteiger partial charge in [-0.15, -0.1) is 0 Å². The molecule has 0 aliphatic carbocycles. The maximum atomic E-state index is 12.7. The molecule has 0 radical (unpaired) electrons. The average Bonchev–Trinajstić information content (AvgIpc) is 2.39. The van der Waals surface area contributed by atoms with Gasteiger partial charge >= 0.3 is 0 Å². The Morgan fingerprint density at radius 1 is 1.40 bits per heavy atom. The van der Waals surface area contributed by atoms with Crippen molar-refractivity contribution in [2.24, 2.45) is 0 Å². The van der Waals surface area contributed by atoms with Crippen LogP contribution in [0.25, 0.3) is 0 Å². The van der Waals surface area contributed by atoms with Crippen molar-refractivity contribution < 1.29 is 14.3 Å². The number of benzene rings is 1. The minimum absolute atomic E-state index is 0.0618. The number of carbonyl (C=O) groups is 1. The molecular formula is C15H24N2O3. The second kappa shape index (κ2) is 7.75. The number of rotatable bonds is 7. The summed E-state index contributed by atoms with van der Waals surface area (Å²) < 4.78 is 10.6. The van der Waals surface area contributed by atoms with Crippen LogP contribution < -0.4 is 10.5 Å². The van der Waals surface area contributed by atoms with Gasteiger partial charge in [0.1, 0.15) is 11.3 Å². The molecule has 0 spiro atoms. The van der Waals surface area contributed by atoms with Gasteiger partial charge in [0.25, 0.3) is 5.91 Å². The number of ether oxygens (including phenoxy) is 2. The van der Waals surface area contributed by atoms with Crippen molar-refractivity contribution in [2.75, 3.05) is 32.6 Å². The number of hydrogen-bond acceptors (Lipinski definition) is 4. The summed E-state index contributed by atoms with van der Waals surface area (Å²) in [5, 5.41) is 0. The maximum Gasteiger partial charge on any atom is 0.260 e. The molecule has 0 aliphatic heterocycles. The molecule has 0 aliphatic rings. The third kappa shape index (κ3) is 3.87. The van der Waals surface area contributed by atoms with E-state index in [0.717, 1.165) is 0 Å². The normalized spacial score (nSPS) is 10.7. The largest absolute Gasteiger partial charge is 0.493 e. The van der Waals surface area contributed by atoms with E-state index in [2.05, 4.69) is 0 Å². The predicted octanol–water partition coefficient (Wildman–Crippen LogP) is 2.16. The van der Waals surface area contributed by atoms with Crippen LogP contribution in [0, 0.1) is 0 Å². The first kappa shape index (κ1) is 16.3. The van der Waals surface area contributed by atoms with E-state index in [1.807, 2.05) is 20.8 Å². The Bertz CT molecular complexity index is 447. The monoisotopic (exact) mass is 280 g/mol. The molecule has 0 heterocycles. The summed E-state index contributed by atoms with van der Waals surface area (Å²) in [4.78, 5) is 14.5. The fraction of sp³-hybridized carbons (Fsp3) is 0.533. The molecular weight excluding hydrogens is 256 g/mol. The first-order valence-electron chi connectivity index (χ1n) is 6.84. The minimum atomic E-state index is -0.126. The lowest BCUT2D eigenvalue weighted by atomic mass is 10.1. The van der Waals surface area contributed by atoms with Crippen LogP contribution in [-0.4, -0.2) is 43.7 Å². The Hall–Kier alpha value is -1.75. The highest BCUT2D eigenvalue weighted by Crippen LogP contribution is 2.26. The fourth-order valence-corrected chi connectivity index (χ4v) is 1.98. The molecule has 1 rings (SSSR count). The number of hydrogen-bond donors (Lipinski definition) is 1. The van der Waals surface area contributed by atoms with E-state index in [9.17, 15) is 4.79 Å². The third-order valence-corrected chi connectivity index (χ3v) is 2.99. The quantitative estimate of drug-likeness (QED) is 0.777. The molecule has 0 atom stereocenters. The van der Waals surface area contributed by atoms with Gasteiger partial charge in [0.2, 0.25) is 0 Å². The number of amides is 1. The van der Waals surface area contributed by atoms with E-state index < -0.39 is 0 Å². The lowest BCUT2D eigenvalue weighted by Crippen LogP contribution is -2.39. The molecule has 2 N–H and O–H groups in total. The van der Waals surface area contributed by atoms with Crippen molar-refractivity contribution in [3.8, 4) is 5.75 Å². The van der Waals surface area contributed by atoms with Crippen molar-refractivity contribution in [2.45, 2.75) is 26.8 Å². The van der Waals surface area contributed by atoms with E-state index in [1.54, 1.807) is 30.2 Å². The van der Waals surface area contributed by atoms with Crippen LogP contribution in [0.5, 0.6) is 5.75 Å². The lowest BCUT2D eigenvalue weighted by molar-refractivity contribution is 0.0632. The van der Waals surface area contributed by atoms with E-state index in [-0.39, 0.29) is 11.9 Å². The molecule has 1 amide bonds. The number of carbonyl (C=O) groups excluding carboxylic acids is 1. The summed E-state index contributed by atoms with van der Waals surface area (Å²) in [5.41, 5.74) is 6.82. The zero-order valence-corrected chi connectivity index (χ0v) is 12.7. The SMILES string of the molecule is CCOc1cccc(N)c1C(=O)N(CCOC)C(C)C. The van der Waals surface area contributed by atoms with Crippen molar-refractivity contribution >= 4 is 11.6 Å². The third-order valence-electron chi connectivity index (χ3n) is 2.99. The maximum absolute atomic E-state index is 12.7. The summed E-state index contributed by atoms with van der Waals surface area (Å²) in [6.07, 6.45) is 0. The van der Waals surface area contributed by atoms with Crippen molar-refractivity contribution in [3.63, 3.8) is 0 Å². The topological polar surface area (TPSA) is 64.8 Å². The second-order valence-electron chi connectivity index (χ2n) is 4.74. The Morgan fingerprint density at radius 3 is 2.65 bits per heavy atom. The van der Waals surface area contributed by atoms with Crippen LogP contribution in [0.3, 0.4) is 0 Å². The van der Waals surface area contributed by atoms with Gasteiger partial charge in [-0.05, 0) is 32.9 Å². The summed E-state index contributed by atoms with van der Waals surface area (Å²) in [5.74, 6) is 0.402. The molecule has 1 aromatic rings. The summed E-state index contributed by atoms with van der Waals surface area (Å²) in [6.45, 7) is 7.31. The van der Waals surface area contributed by atoms with E-state index in [4.69, 9.17) is 15.2 Å². The van der Waals surface area contributed by atoms with Gasteiger partial charge in [0.15, 0.2) is 0 Å². The van der Waals surface area contributed by atoms with Gasteiger partial charge in [-0.3, -0.25) is 4.79 Å². The van der Waals surface area contributed by atoms with Crippen molar-refractivity contribution in [3.05, 3.63) is 23.8 Å². The van der Waals surface area contributed by atoms with Gasteiger partial charge < -0.3 is 20.1 Å². The lowest BCUT2D eigenvalue weighted by Gasteiger charge is -2.27. The average molecular weight is 280 g/mol. The van der Waals surface area contributed by atoms with E-state index >= 15 is 0 Å². The van der Waals surface area contributed by atoms with Crippen LogP contribution in [0.15, 0.2) is 18.2 Å². The highest BCUT2D eigenvalue weighted by molar-refractivity contribution is 6.02. The van der Waals surface area contributed by atoms with E-state index in [1.165, 1.54) is 0 Å². The number of anilines is 1. The molecule has 0 aromatic heterocycles. The highest BCUT2D eigenvalue weighted by atomic mass is 16.5. The zero-order valence-electron chi connectivity index (χ0n) is 12.7. The van der Waals surface area contributed by atoms with Gasteiger partial charge in [-0.25, -0.2) is 0 Å². The van der Waals surface area contributed by atoms with Gasteiger partial charge in [0, 0.05) is 25.4 Å². The van der Waals surface area contributed by atoms with Crippen LogP contribution in [0.2, 0.25) is 0 Å². The Kier molecular flexibility index (Phi) is 6.31. The fourth-order valence-electron chi connectivity index (χ4n) is 1.98. The molecule has 0 saturated carbocycles. The molecule has 0 bridgehead atoms. The molecule has 0 unspecified atom stereocenters. The van der Waals surface area contributed by atoms with Crippen LogP contribution in [0.1, 0.15) is 31.1 Å². The first-order valence-corrected chi connectivity index (χ1v) is 6.84. The zero-order chi connectivity index (χ0) is 15.1. The molecule has 0 saturated heterocycles. The summed E-state index contributed by atoms with van der Waals surface area (Å²) >= 11 is 0. The molecule has 112 valence electrons. The molecule has 1 aromatic carbocycles. The standard InChI is InChI=1S/C15H24N2O3/c1-5-20-13-8-6-7-12(16)14(13)15(18)17(11(2)3)9-10-19-4/h6-8,11H,5,9-10,16H2,1-4H3. The number of nitrogen functional groups attached to an aromatic ring is 1. The smallest absolute Gasteiger partial charge is 0.260 e. The van der Waals surface area contributed by atoms with Crippen LogP contribution in [0.4, 0.5) is 5.69 Å². The summed E-state index contributed by atoms with van der Waals surface area (Å²) in [7, 11) is 1.62. The van der Waals surface area contributed by atoms with Gasteiger partial charge in [0.05, 0.1) is 13.2 Å². The van der Waals surface area contributed by atoms with Crippen molar-refractivity contribution in [1.29, 1.82) is 0 Å². The van der Waals surface area contributed by atoms with E-state index in [0.29, 0.717) is 36.8 Å². The minimum Gasteiger partial charge on any atom is -0.493 e. The molecule has 5 nitrogen and oxygen atoms in total. The number of nitrogens with zero attached hydrogens (tertiary/aromatic N) is 1. The van der Waals surface area contributed by atoms with Crippen molar-refractivity contribution in [1.82, 2.24) is 4.90 Å². The molecule has 5 heteroatoms. The second-order valence-corrected chi connectivity index (χ2v) is 4.74. The molecule has 20 heavy (non-hydrogen) atoms. The summed E-state index contributed by atoms with van der Waals surface area (Å²) in [6, 6.07) is 5.32.